The van der Waals surface area contributed by atoms with Gasteiger partial charge < -0.3 is 0 Å². The molecule has 1 unspecified atom stereocenters. The number of rotatable bonds is 3. The molecule has 0 N–H and O–H groups in total. The molecule has 1 atom stereocenters. The largest absolute Gasteiger partial charge is 0.242 e. The van der Waals surface area contributed by atoms with Crippen LogP contribution < -0.4 is 0 Å². The van der Waals surface area contributed by atoms with Crippen molar-refractivity contribution in [2.45, 2.75) is 26.4 Å². The van der Waals surface area contributed by atoms with Gasteiger partial charge in [-0.05, 0) is 30.0 Å². The van der Waals surface area contributed by atoms with E-state index in [0.29, 0.717) is 12.3 Å². The number of hydrogen-bond donors (Lipinski definition) is 0. The molecule has 0 aliphatic carbocycles. The summed E-state index contributed by atoms with van der Waals surface area (Å²) in [4.78, 5) is 0. The van der Waals surface area contributed by atoms with Crippen LogP contribution in [0.1, 0.15) is 32.0 Å². The Morgan fingerprint density at radius 3 is 2.23 bits per heavy atom. The molecule has 2 heteroatoms. The number of benzene rings is 1. The zero-order chi connectivity index (χ0) is 9.84. The lowest BCUT2D eigenvalue weighted by molar-refractivity contribution is 0.289. The molecule has 0 aliphatic heterocycles. The zero-order valence-electron chi connectivity index (χ0n) is 7.93. The highest BCUT2D eigenvalue weighted by atomic mass is 79.9. The summed E-state index contributed by atoms with van der Waals surface area (Å²) in [6, 6.07) is 7.42. The first-order valence-corrected chi connectivity index (χ1v) is 5.28. The number of hydrogen-bond acceptors (Lipinski definition) is 0. The molecule has 1 aromatic rings. The SMILES string of the molecule is CC(C)CC(F)c1ccc(Br)cc1. The molecule has 0 fully saturated rings. The Morgan fingerprint density at radius 1 is 1.23 bits per heavy atom. The van der Waals surface area contributed by atoms with Crippen LogP contribution in [0, 0.1) is 5.92 Å². The highest BCUT2D eigenvalue weighted by Gasteiger charge is 2.10. The molecular weight excluding hydrogens is 231 g/mol. The van der Waals surface area contributed by atoms with E-state index in [2.05, 4.69) is 15.9 Å². The fourth-order valence-corrected chi connectivity index (χ4v) is 1.49. The minimum atomic E-state index is -0.826. The third kappa shape index (κ3) is 3.47. The molecule has 0 nitrogen and oxygen atoms in total. The monoisotopic (exact) mass is 244 g/mol. The molecule has 0 heterocycles. The average Bonchev–Trinajstić information content (AvgIpc) is 2.04. The third-order valence-electron chi connectivity index (χ3n) is 1.91. The van der Waals surface area contributed by atoms with Crippen molar-refractivity contribution in [1.29, 1.82) is 0 Å². The summed E-state index contributed by atoms with van der Waals surface area (Å²) < 4.78 is 14.5. The Balaban J connectivity index is 2.66. The maximum atomic E-state index is 13.5. The first kappa shape index (κ1) is 10.7. The van der Waals surface area contributed by atoms with Gasteiger partial charge in [0.1, 0.15) is 6.17 Å². The highest BCUT2D eigenvalue weighted by Crippen LogP contribution is 2.25. The van der Waals surface area contributed by atoms with Gasteiger partial charge in [0.15, 0.2) is 0 Å². The Bertz CT molecular complexity index is 253. The molecule has 13 heavy (non-hydrogen) atoms. The molecule has 0 spiro atoms. The first-order valence-electron chi connectivity index (χ1n) is 4.49. The van der Waals surface area contributed by atoms with E-state index in [1.807, 2.05) is 38.1 Å². The molecule has 0 bridgehead atoms. The van der Waals surface area contributed by atoms with Gasteiger partial charge in [-0.2, -0.15) is 0 Å². The molecule has 0 aliphatic rings. The molecule has 1 rings (SSSR count). The van der Waals surface area contributed by atoms with Crippen LogP contribution in [-0.4, -0.2) is 0 Å². The molecule has 72 valence electrons. The minimum Gasteiger partial charge on any atom is -0.242 e. The summed E-state index contributed by atoms with van der Waals surface area (Å²) in [6.07, 6.45) is -0.227. The van der Waals surface area contributed by atoms with Gasteiger partial charge in [-0.1, -0.05) is 41.9 Å². The van der Waals surface area contributed by atoms with Gasteiger partial charge in [0.25, 0.3) is 0 Å². The lowest BCUT2D eigenvalue weighted by Crippen LogP contribution is -1.96. The smallest absolute Gasteiger partial charge is 0.125 e. The van der Waals surface area contributed by atoms with Crippen molar-refractivity contribution in [3.8, 4) is 0 Å². The Hall–Kier alpha value is -0.370. The maximum Gasteiger partial charge on any atom is 0.125 e. The standard InChI is InChI=1S/C11H14BrF/c1-8(2)7-11(13)9-3-5-10(12)6-4-9/h3-6,8,11H,7H2,1-2H3. The van der Waals surface area contributed by atoms with E-state index in [4.69, 9.17) is 0 Å². The summed E-state index contributed by atoms with van der Waals surface area (Å²) in [5, 5.41) is 0. The van der Waals surface area contributed by atoms with Crippen LogP contribution in [-0.2, 0) is 0 Å². The van der Waals surface area contributed by atoms with E-state index < -0.39 is 6.17 Å². The average molecular weight is 245 g/mol. The maximum absolute atomic E-state index is 13.5. The fraction of sp³-hybridized carbons (Fsp3) is 0.455. The van der Waals surface area contributed by atoms with Crippen LogP contribution in [0.2, 0.25) is 0 Å². The normalized spacial score (nSPS) is 13.3. The van der Waals surface area contributed by atoms with E-state index in [-0.39, 0.29) is 0 Å². The predicted molar refractivity (Wildman–Crippen MR) is 57.4 cm³/mol. The van der Waals surface area contributed by atoms with E-state index in [9.17, 15) is 4.39 Å². The highest BCUT2D eigenvalue weighted by molar-refractivity contribution is 9.10. The van der Waals surface area contributed by atoms with Crippen molar-refractivity contribution in [1.82, 2.24) is 0 Å². The quantitative estimate of drug-likeness (QED) is 0.735. The Morgan fingerprint density at radius 2 is 1.77 bits per heavy atom. The second kappa shape index (κ2) is 4.75. The molecule has 0 saturated carbocycles. The Kier molecular flexibility index (Phi) is 3.91. The minimum absolute atomic E-state index is 0.402. The summed E-state index contributed by atoms with van der Waals surface area (Å²) in [5.74, 6) is 0.402. The van der Waals surface area contributed by atoms with Gasteiger partial charge in [-0.3, -0.25) is 0 Å². The predicted octanol–water partition coefficient (Wildman–Crippen LogP) is 4.51. The van der Waals surface area contributed by atoms with Crippen LogP contribution in [0.4, 0.5) is 4.39 Å². The summed E-state index contributed by atoms with van der Waals surface area (Å²) in [5.41, 5.74) is 0.775. The van der Waals surface area contributed by atoms with Crippen LogP contribution in [0.25, 0.3) is 0 Å². The molecule has 1 aromatic carbocycles. The fourth-order valence-electron chi connectivity index (χ4n) is 1.22. The van der Waals surface area contributed by atoms with Gasteiger partial charge in [-0.25, -0.2) is 4.39 Å². The van der Waals surface area contributed by atoms with Crippen molar-refractivity contribution in [2.75, 3.05) is 0 Å². The lowest BCUT2D eigenvalue weighted by Gasteiger charge is -2.10. The Labute approximate surface area is 87.3 Å². The van der Waals surface area contributed by atoms with Gasteiger partial charge in [0.2, 0.25) is 0 Å². The van der Waals surface area contributed by atoms with E-state index >= 15 is 0 Å². The van der Waals surface area contributed by atoms with E-state index in [1.165, 1.54) is 0 Å². The van der Waals surface area contributed by atoms with Crippen molar-refractivity contribution >= 4 is 15.9 Å². The van der Waals surface area contributed by atoms with Crippen molar-refractivity contribution in [3.05, 3.63) is 34.3 Å². The van der Waals surface area contributed by atoms with Crippen LogP contribution in [0.15, 0.2) is 28.7 Å². The van der Waals surface area contributed by atoms with Gasteiger partial charge in [0, 0.05) is 4.47 Å². The number of alkyl halides is 1. The second-order valence-electron chi connectivity index (χ2n) is 3.65. The topological polar surface area (TPSA) is 0 Å². The second-order valence-corrected chi connectivity index (χ2v) is 4.56. The van der Waals surface area contributed by atoms with E-state index in [0.717, 1.165) is 10.0 Å². The molecule has 0 saturated heterocycles. The van der Waals surface area contributed by atoms with Gasteiger partial charge in [-0.15, -0.1) is 0 Å². The summed E-state index contributed by atoms with van der Waals surface area (Å²) in [6.45, 7) is 4.07. The summed E-state index contributed by atoms with van der Waals surface area (Å²) in [7, 11) is 0. The van der Waals surface area contributed by atoms with Crippen molar-refractivity contribution in [3.63, 3.8) is 0 Å². The molecular formula is C11H14BrF. The summed E-state index contributed by atoms with van der Waals surface area (Å²) >= 11 is 3.32. The lowest BCUT2D eigenvalue weighted by atomic mass is 10.0. The number of halogens is 2. The first-order chi connectivity index (χ1) is 6.09. The molecule has 0 aromatic heterocycles. The van der Waals surface area contributed by atoms with Crippen molar-refractivity contribution in [2.24, 2.45) is 5.92 Å². The van der Waals surface area contributed by atoms with E-state index in [1.54, 1.807) is 0 Å². The zero-order valence-corrected chi connectivity index (χ0v) is 9.51. The van der Waals surface area contributed by atoms with Gasteiger partial charge in [0.05, 0.1) is 0 Å². The molecule has 0 radical (unpaired) electrons. The molecule has 0 amide bonds. The van der Waals surface area contributed by atoms with Crippen LogP contribution in [0.5, 0.6) is 0 Å². The third-order valence-corrected chi connectivity index (χ3v) is 2.44. The van der Waals surface area contributed by atoms with Gasteiger partial charge >= 0.3 is 0 Å². The van der Waals surface area contributed by atoms with Crippen LogP contribution >= 0.6 is 15.9 Å². The van der Waals surface area contributed by atoms with Crippen LogP contribution in [0.3, 0.4) is 0 Å². The van der Waals surface area contributed by atoms with Crippen molar-refractivity contribution < 1.29 is 4.39 Å².